The predicted octanol–water partition coefficient (Wildman–Crippen LogP) is 4.61. The fraction of sp³-hybridized carbons (Fsp3) is 0.241. The SMILES string of the molecule is COc1ccc(C2=NN(C3=NC(=O)C(CC(=O)Nc4ccc5c(c4)OCO5)S3)C(c3ccc(OC)cc3)C2)cc1. The second kappa shape index (κ2) is 10.9. The van der Waals surface area contributed by atoms with Crippen molar-refractivity contribution in [1.82, 2.24) is 5.01 Å². The van der Waals surface area contributed by atoms with E-state index >= 15 is 0 Å². The molecule has 3 heterocycles. The number of thioether (sulfide) groups is 1. The predicted molar refractivity (Wildman–Crippen MR) is 151 cm³/mol. The summed E-state index contributed by atoms with van der Waals surface area (Å²) in [5, 5.41) is 9.33. The van der Waals surface area contributed by atoms with Gasteiger partial charge in [-0.2, -0.15) is 10.1 Å². The number of methoxy groups -OCH3 is 2. The molecule has 0 fully saturated rings. The molecule has 2 amide bonds. The largest absolute Gasteiger partial charge is 0.497 e. The molecule has 0 aromatic heterocycles. The van der Waals surface area contributed by atoms with Crippen molar-refractivity contribution >= 4 is 40.1 Å². The first-order valence-electron chi connectivity index (χ1n) is 12.6. The molecule has 0 aliphatic carbocycles. The molecule has 10 nitrogen and oxygen atoms in total. The maximum Gasteiger partial charge on any atom is 0.262 e. The highest BCUT2D eigenvalue weighted by Crippen LogP contribution is 2.39. The molecule has 2 atom stereocenters. The molecular weight excluding hydrogens is 532 g/mol. The number of benzene rings is 3. The van der Waals surface area contributed by atoms with Gasteiger partial charge in [-0.3, -0.25) is 9.59 Å². The van der Waals surface area contributed by atoms with Gasteiger partial charge in [0, 0.05) is 24.6 Å². The summed E-state index contributed by atoms with van der Waals surface area (Å²) in [5.41, 5.74) is 3.39. The molecule has 6 rings (SSSR count). The molecule has 3 aliphatic heterocycles. The third-order valence-corrected chi connectivity index (χ3v) is 7.93. The summed E-state index contributed by atoms with van der Waals surface area (Å²) in [5.74, 6) is 2.05. The first-order chi connectivity index (χ1) is 19.5. The molecule has 11 heteroatoms. The topological polar surface area (TPSA) is 111 Å². The molecule has 1 N–H and O–H groups in total. The Bertz CT molecular complexity index is 1510. The second-order valence-corrected chi connectivity index (χ2v) is 10.4. The number of anilines is 1. The van der Waals surface area contributed by atoms with Crippen molar-refractivity contribution < 1.29 is 28.5 Å². The number of hydrazone groups is 1. The van der Waals surface area contributed by atoms with Crippen LogP contribution in [0.5, 0.6) is 23.0 Å². The number of aliphatic imine (C=N–C) groups is 1. The van der Waals surface area contributed by atoms with Gasteiger partial charge in [0.15, 0.2) is 16.7 Å². The summed E-state index contributed by atoms with van der Waals surface area (Å²) in [6, 6.07) is 20.5. The summed E-state index contributed by atoms with van der Waals surface area (Å²) in [7, 11) is 3.25. The van der Waals surface area contributed by atoms with Crippen LogP contribution < -0.4 is 24.3 Å². The first-order valence-corrected chi connectivity index (χ1v) is 13.5. The number of fused-ring (bicyclic) bond motifs is 1. The van der Waals surface area contributed by atoms with Crippen LogP contribution in [0.15, 0.2) is 76.8 Å². The van der Waals surface area contributed by atoms with Gasteiger partial charge in [-0.15, -0.1) is 0 Å². The maximum atomic E-state index is 12.9. The average Bonchev–Trinajstić information content (AvgIpc) is 3.72. The van der Waals surface area contributed by atoms with Crippen LogP contribution in [-0.2, 0) is 9.59 Å². The molecule has 3 aromatic rings. The minimum Gasteiger partial charge on any atom is -0.497 e. The Morgan fingerprint density at radius 1 is 1.00 bits per heavy atom. The van der Waals surface area contributed by atoms with Gasteiger partial charge in [0.05, 0.1) is 26.0 Å². The number of nitrogens with one attached hydrogen (secondary N) is 1. The van der Waals surface area contributed by atoms with Crippen molar-refractivity contribution in [3.05, 3.63) is 77.9 Å². The molecule has 40 heavy (non-hydrogen) atoms. The first kappa shape index (κ1) is 25.8. The van der Waals surface area contributed by atoms with Crippen molar-refractivity contribution in [1.29, 1.82) is 0 Å². The summed E-state index contributed by atoms with van der Waals surface area (Å²) < 4.78 is 21.3. The monoisotopic (exact) mass is 558 g/mol. The number of amides is 2. The molecule has 3 aliphatic rings. The smallest absolute Gasteiger partial charge is 0.262 e. The zero-order valence-corrected chi connectivity index (χ0v) is 22.6. The number of nitrogens with zero attached hydrogens (tertiary/aromatic N) is 3. The van der Waals surface area contributed by atoms with E-state index < -0.39 is 5.25 Å². The van der Waals surface area contributed by atoms with Crippen LogP contribution in [0.2, 0.25) is 0 Å². The minimum absolute atomic E-state index is 0.0268. The second-order valence-electron chi connectivity index (χ2n) is 9.27. The highest BCUT2D eigenvalue weighted by atomic mass is 32.2. The number of hydrogen-bond acceptors (Lipinski definition) is 9. The Labute approximate surface area is 235 Å². The number of carbonyl (C=O) groups excluding carboxylic acids is 2. The molecule has 2 unspecified atom stereocenters. The van der Waals surface area contributed by atoms with Gasteiger partial charge in [0.1, 0.15) is 16.7 Å². The van der Waals surface area contributed by atoms with Crippen molar-refractivity contribution in [2.24, 2.45) is 10.1 Å². The number of rotatable bonds is 7. The van der Waals surface area contributed by atoms with E-state index in [0.29, 0.717) is 28.8 Å². The standard InChI is InChI=1S/C29H26N4O6S/c1-36-20-8-3-17(4-9-20)22-14-23(18-5-10-21(37-2)11-6-18)33(32-22)29-31-28(35)26(40-29)15-27(34)30-19-7-12-24-25(13-19)39-16-38-24/h3-13,23,26H,14-16H2,1-2H3,(H,30,34). The van der Waals surface area contributed by atoms with Gasteiger partial charge in [-0.25, -0.2) is 5.01 Å². The molecule has 3 aromatic carbocycles. The Balaban J connectivity index is 1.19. The lowest BCUT2D eigenvalue weighted by atomic mass is 9.98. The van der Waals surface area contributed by atoms with Gasteiger partial charge >= 0.3 is 0 Å². The Hall–Kier alpha value is -4.51. The van der Waals surface area contributed by atoms with Crippen molar-refractivity contribution in [3.63, 3.8) is 0 Å². The van der Waals surface area contributed by atoms with Gasteiger partial charge in [0.2, 0.25) is 12.7 Å². The van der Waals surface area contributed by atoms with Crippen LogP contribution in [0.1, 0.15) is 30.0 Å². The molecular formula is C29H26N4O6S. The molecule has 0 spiro atoms. The van der Waals surface area contributed by atoms with Crippen molar-refractivity contribution in [2.75, 3.05) is 26.3 Å². The highest BCUT2D eigenvalue weighted by molar-refractivity contribution is 8.15. The maximum absolute atomic E-state index is 12.9. The average molecular weight is 559 g/mol. The summed E-state index contributed by atoms with van der Waals surface area (Å²) in [4.78, 5) is 30.0. The molecule has 0 bridgehead atoms. The zero-order valence-electron chi connectivity index (χ0n) is 21.8. The van der Waals surface area contributed by atoms with Crippen LogP contribution in [0.3, 0.4) is 0 Å². The van der Waals surface area contributed by atoms with Crippen LogP contribution in [-0.4, -0.2) is 54.0 Å². The number of carbonyl (C=O) groups is 2. The fourth-order valence-electron chi connectivity index (χ4n) is 4.69. The van der Waals surface area contributed by atoms with Gasteiger partial charge < -0.3 is 24.3 Å². The van der Waals surface area contributed by atoms with E-state index in [1.165, 1.54) is 11.8 Å². The van der Waals surface area contributed by atoms with E-state index in [2.05, 4.69) is 10.3 Å². The summed E-state index contributed by atoms with van der Waals surface area (Å²) >= 11 is 1.25. The quantitative estimate of drug-likeness (QED) is 0.448. The third kappa shape index (κ3) is 5.20. The Morgan fingerprint density at radius 2 is 1.70 bits per heavy atom. The number of ether oxygens (including phenoxy) is 4. The fourth-order valence-corrected chi connectivity index (χ4v) is 5.75. The minimum atomic E-state index is -0.652. The van der Waals surface area contributed by atoms with E-state index in [9.17, 15) is 9.59 Å². The van der Waals surface area contributed by atoms with Crippen LogP contribution in [0, 0.1) is 0 Å². The lowest BCUT2D eigenvalue weighted by Crippen LogP contribution is -2.25. The molecule has 0 saturated heterocycles. The van der Waals surface area contributed by atoms with Crippen molar-refractivity contribution in [2.45, 2.75) is 24.1 Å². The van der Waals surface area contributed by atoms with Gasteiger partial charge in [-0.05, 0) is 59.7 Å². The lowest BCUT2D eigenvalue weighted by Gasteiger charge is -2.23. The van der Waals surface area contributed by atoms with Gasteiger partial charge in [0.25, 0.3) is 5.91 Å². The molecule has 0 saturated carbocycles. The third-order valence-electron chi connectivity index (χ3n) is 6.79. The van der Waals surface area contributed by atoms with Gasteiger partial charge in [-0.1, -0.05) is 23.9 Å². The molecule has 204 valence electrons. The van der Waals surface area contributed by atoms with E-state index in [1.807, 2.05) is 48.5 Å². The Morgan fingerprint density at radius 3 is 2.42 bits per heavy atom. The van der Waals surface area contributed by atoms with E-state index in [4.69, 9.17) is 24.0 Å². The normalized spacial score (nSPS) is 19.4. The van der Waals surface area contributed by atoms with Crippen LogP contribution in [0.25, 0.3) is 0 Å². The number of amidine groups is 1. The Kier molecular flexibility index (Phi) is 7.04. The van der Waals surface area contributed by atoms with Crippen molar-refractivity contribution in [3.8, 4) is 23.0 Å². The van der Waals surface area contributed by atoms with Crippen LogP contribution in [0.4, 0.5) is 5.69 Å². The highest BCUT2D eigenvalue weighted by Gasteiger charge is 2.39. The van der Waals surface area contributed by atoms with E-state index in [-0.39, 0.29) is 31.1 Å². The van der Waals surface area contributed by atoms with E-state index in [0.717, 1.165) is 28.3 Å². The molecule has 0 radical (unpaired) electrons. The zero-order chi connectivity index (χ0) is 27.6. The van der Waals surface area contributed by atoms with Crippen LogP contribution >= 0.6 is 11.8 Å². The van der Waals surface area contributed by atoms with E-state index in [1.54, 1.807) is 37.4 Å². The lowest BCUT2D eigenvalue weighted by molar-refractivity contribution is -0.121. The summed E-state index contributed by atoms with van der Waals surface area (Å²) in [6.45, 7) is 0.150. The number of hydrogen-bond donors (Lipinski definition) is 1. The summed E-state index contributed by atoms with van der Waals surface area (Å²) in [6.07, 6.45) is 0.586.